The molecule has 0 radical (unpaired) electrons. The third-order valence-electron chi connectivity index (χ3n) is 3.27. The summed E-state index contributed by atoms with van der Waals surface area (Å²) in [6, 6.07) is 0. The van der Waals surface area contributed by atoms with Gasteiger partial charge in [-0.1, -0.05) is 52.4 Å². The molecule has 0 heterocycles. The maximum Gasteiger partial charge on any atom is 0.338 e. The van der Waals surface area contributed by atoms with Crippen LogP contribution in [0, 0.1) is 0 Å². The van der Waals surface area contributed by atoms with E-state index in [0.717, 1.165) is 38.5 Å². The lowest BCUT2D eigenvalue weighted by Gasteiger charge is -2.16. The molecule has 0 aliphatic heterocycles. The van der Waals surface area contributed by atoms with Crippen molar-refractivity contribution in [2.45, 2.75) is 77.4 Å². The van der Waals surface area contributed by atoms with Crippen LogP contribution in [0.1, 0.15) is 65.2 Å². The zero-order chi connectivity index (χ0) is 16.8. The molecule has 2 atom stereocenters. The molecule has 2 unspecified atom stereocenters. The molecule has 0 saturated heterocycles. The van der Waals surface area contributed by atoms with E-state index in [4.69, 9.17) is 9.47 Å². The molecule has 0 fully saturated rings. The Morgan fingerprint density at radius 1 is 0.727 bits per heavy atom. The summed E-state index contributed by atoms with van der Waals surface area (Å²) in [6.07, 6.45) is 3.71. The molecule has 0 aliphatic carbocycles. The van der Waals surface area contributed by atoms with Crippen LogP contribution in [0.25, 0.3) is 0 Å². The summed E-state index contributed by atoms with van der Waals surface area (Å²) in [7, 11) is 0. The van der Waals surface area contributed by atoms with Gasteiger partial charge < -0.3 is 19.7 Å². The first-order valence-corrected chi connectivity index (χ1v) is 8.24. The first-order valence-electron chi connectivity index (χ1n) is 8.24. The molecule has 0 saturated carbocycles. The van der Waals surface area contributed by atoms with E-state index in [9.17, 15) is 19.8 Å². The average molecular weight is 318 g/mol. The number of ether oxygens (including phenoxy) is 2. The molecular weight excluding hydrogens is 288 g/mol. The fourth-order valence-corrected chi connectivity index (χ4v) is 1.83. The lowest BCUT2D eigenvalue weighted by atomic mass is 10.2. The van der Waals surface area contributed by atoms with Crippen LogP contribution >= 0.6 is 0 Å². The fourth-order valence-electron chi connectivity index (χ4n) is 1.83. The number of hydrogen-bond donors (Lipinski definition) is 2. The molecule has 2 N–H and O–H groups in total. The van der Waals surface area contributed by atoms with Crippen molar-refractivity contribution in [1.82, 2.24) is 0 Å². The van der Waals surface area contributed by atoms with Crippen molar-refractivity contribution in [3.63, 3.8) is 0 Å². The van der Waals surface area contributed by atoms with E-state index in [1.165, 1.54) is 0 Å². The van der Waals surface area contributed by atoms with Crippen molar-refractivity contribution >= 4 is 11.9 Å². The van der Waals surface area contributed by atoms with Crippen molar-refractivity contribution in [1.29, 1.82) is 0 Å². The molecular formula is C16H30O6. The number of hydrogen-bond acceptors (Lipinski definition) is 6. The number of carbonyl (C=O) groups excluding carboxylic acids is 2. The molecule has 0 aromatic rings. The third kappa shape index (κ3) is 9.73. The number of unbranched alkanes of at least 4 members (excludes halogenated alkanes) is 6. The van der Waals surface area contributed by atoms with Crippen molar-refractivity contribution in [3.05, 3.63) is 0 Å². The Labute approximate surface area is 132 Å². The summed E-state index contributed by atoms with van der Waals surface area (Å²) in [5.41, 5.74) is 0. The van der Waals surface area contributed by atoms with Crippen LogP contribution in [0.5, 0.6) is 0 Å². The van der Waals surface area contributed by atoms with Gasteiger partial charge in [0.25, 0.3) is 0 Å². The molecule has 22 heavy (non-hydrogen) atoms. The van der Waals surface area contributed by atoms with Crippen LogP contribution in [0.3, 0.4) is 0 Å². The molecule has 0 amide bonds. The van der Waals surface area contributed by atoms with Crippen LogP contribution in [0.4, 0.5) is 0 Å². The second-order valence-electron chi connectivity index (χ2n) is 5.35. The molecule has 130 valence electrons. The SMILES string of the molecule is CCCCCCOC(=O)C(O)C(O)C(=O)OCCCCCC. The van der Waals surface area contributed by atoms with Crippen molar-refractivity contribution in [3.8, 4) is 0 Å². The highest BCUT2D eigenvalue weighted by Crippen LogP contribution is 2.04. The number of aliphatic hydroxyl groups excluding tert-OH is 2. The zero-order valence-electron chi connectivity index (χ0n) is 13.8. The summed E-state index contributed by atoms with van der Waals surface area (Å²) in [4.78, 5) is 23.0. The summed E-state index contributed by atoms with van der Waals surface area (Å²) in [5, 5.41) is 19.1. The lowest BCUT2D eigenvalue weighted by Crippen LogP contribution is -2.41. The maximum atomic E-state index is 11.5. The largest absolute Gasteiger partial charge is 0.464 e. The molecule has 6 nitrogen and oxygen atoms in total. The molecule has 0 aromatic carbocycles. The number of carbonyl (C=O) groups is 2. The van der Waals surface area contributed by atoms with Crippen LogP contribution in [0.15, 0.2) is 0 Å². The van der Waals surface area contributed by atoms with Crippen LogP contribution < -0.4 is 0 Å². The molecule has 0 aromatic heterocycles. The minimum absolute atomic E-state index is 0.175. The third-order valence-corrected chi connectivity index (χ3v) is 3.27. The number of rotatable bonds is 13. The first kappa shape index (κ1) is 20.9. The van der Waals surface area contributed by atoms with Gasteiger partial charge in [-0.2, -0.15) is 0 Å². The Balaban J connectivity index is 3.88. The predicted molar refractivity (Wildman–Crippen MR) is 82.2 cm³/mol. The summed E-state index contributed by atoms with van der Waals surface area (Å²) in [6.45, 7) is 4.49. The van der Waals surface area contributed by atoms with Gasteiger partial charge in [0.05, 0.1) is 13.2 Å². The maximum absolute atomic E-state index is 11.5. The van der Waals surface area contributed by atoms with Gasteiger partial charge in [-0.25, -0.2) is 9.59 Å². The standard InChI is InChI=1S/C16H30O6/c1-3-5-7-9-11-21-15(19)13(17)14(18)16(20)22-12-10-8-6-4-2/h13-14,17-18H,3-12H2,1-2H3. The molecule has 0 bridgehead atoms. The highest BCUT2D eigenvalue weighted by Gasteiger charge is 2.32. The van der Waals surface area contributed by atoms with E-state index in [2.05, 4.69) is 13.8 Å². The quantitative estimate of drug-likeness (QED) is 0.398. The second-order valence-corrected chi connectivity index (χ2v) is 5.35. The first-order chi connectivity index (χ1) is 10.5. The Bertz CT molecular complexity index is 275. The number of esters is 2. The Kier molecular flexibility index (Phi) is 12.8. The van der Waals surface area contributed by atoms with Gasteiger partial charge in [0.1, 0.15) is 0 Å². The highest BCUT2D eigenvalue weighted by molar-refractivity contribution is 5.85. The van der Waals surface area contributed by atoms with Gasteiger partial charge in [-0.3, -0.25) is 0 Å². The van der Waals surface area contributed by atoms with Crippen LogP contribution in [-0.2, 0) is 19.1 Å². The molecule has 0 spiro atoms. The minimum atomic E-state index is -1.89. The van der Waals surface area contributed by atoms with E-state index in [0.29, 0.717) is 12.8 Å². The van der Waals surface area contributed by atoms with Gasteiger partial charge in [-0.15, -0.1) is 0 Å². The van der Waals surface area contributed by atoms with Crippen molar-refractivity contribution in [2.24, 2.45) is 0 Å². The smallest absolute Gasteiger partial charge is 0.338 e. The second kappa shape index (κ2) is 13.5. The number of aliphatic hydroxyl groups is 2. The summed E-state index contributed by atoms with van der Waals surface area (Å²) < 4.78 is 9.65. The summed E-state index contributed by atoms with van der Waals surface area (Å²) >= 11 is 0. The Hall–Kier alpha value is -1.14. The Morgan fingerprint density at radius 3 is 1.41 bits per heavy atom. The molecule has 6 heteroatoms. The average Bonchev–Trinajstić information content (AvgIpc) is 2.52. The van der Waals surface area contributed by atoms with E-state index in [1.54, 1.807) is 0 Å². The Morgan fingerprint density at radius 2 is 1.09 bits per heavy atom. The topological polar surface area (TPSA) is 93.1 Å². The van der Waals surface area contributed by atoms with E-state index >= 15 is 0 Å². The van der Waals surface area contributed by atoms with Crippen LogP contribution in [-0.4, -0.2) is 47.6 Å². The molecule has 0 rings (SSSR count). The van der Waals surface area contributed by atoms with Gasteiger partial charge in [0.2, 0.25) is 0 Å². The van der Waals surface area contributed by atoms with Crippen molar-refractivity contribution in [2.75, 3.05) is 13.2 Å². The highest BCUT2D eigenvalue weighted by atomic mass is 16.6. The normalized spacial score (nSPS) is 13.5. The lowest BCUT2D eigenvalue weighted by molar-refractivity contribution is -0.173. The zero-order valence-corrected chi connectivity index (χ0v) is 13.8. The molecule has 0 aliphatic rings. The van der Waals surface area contributed by atoms with Gasteiger partial charge in [0, 0.05) is 0 Å². The van der Waals surface area contributed by atoms with Crippen molar-refractivity contribution < 1.29 is 29.3 Å². The predicted octanol–water partition coefficient (Wildman–Crippen LogP) is 1.96. The fraction of sp³-hybridized carbons (Fsp3) is 0.875. The minimum Gasteiger partial charge on any atom is -0.464 e. The van der Waals surface area contributed by atoms with Gasteiger partial charge in [0.15, 0.2) is 12.2 Å². The monoisotopic (exact) mass is 318 g/mol. The van der Waals surface area contributed by atoms with Crippen LogP contribution in [0.2, 0.25) is 0 Å². The van der Waals surface area contributed by atoms with E-state index in [-0.39, 0.29) is 13.2 Å². The van der Waals surface area contributed by atoms with Gasteiger partial charge >= 0.3 is 11.9 Å². The van der Waals surface area contributed by atoms with E-state index in [1.807, 2.05) is 0 Å². The van der Waals surface area contributed by atoms with E-state index < -0.39 is 24.1 Å². The van der Waals surface area contributed by atoms with Gasteiger partial charge in [-0.05, 0) is 12.8 Å². The summed E-state index contributed by atoms with van der Waals surface area (Å²) in [5.74, 6) is -1.99.